The molecule has 17 heavy (non-hydrogen) atoms. The number of ketones is 1. The fourth-order valence-electron chi connectivity index (χ4n) is 1.25. The van der Waals surface area contributed by atoms with E-state index >= 15 is 0 Å². The van der Waals surface area contributed by atoms with Gasteiger partial charge in [-0.2, -0.15) is 8.78 Å². The van der Waals surface area contributed by atoms with Crippen LogP contribution < -0.4 is 9.47 Å². The molecule has 0 N–H and O–H groups in total. The van der Waals surface area contributed by atoms with E-state index in [2.05, 4.69) is 4.74 Å². The van der Waals surface area contributed by atoms with Crippen LogP contribution in [0.25, 0.3) is 0 Å². The van der Waals surface area contributed by atoms with Crippen LogP contribution in [0.15, 0.2) is 18.2 Å². The van der Waals surface area contributed by atoms with Crippen LogP contribution in [0.4, 0.5) is 8.78 Å². The summed E-state index contributed by atoms with van der Waals surface area (Å²) in [4.78, 5) is 11.6. The van der Waals surface area contributed by atoms with Crippen molar-refractivity contribution in [3.8, 4) is 11.5 Å². The number of hydrogen-bond donors (Lipinski definition) is 0. The van der Waals surface area contributed by atoms with Gasteiger partial charge in [-0.1, -0.05) is 0 Å². The summed E-state index contributed by atoms with van der Waals surface area (Å²) in [7, 11) is 1.32. The Morgan fingerprint density at radius 1 is 1.35 bits per heavy atom. The Labute approximate surface area is 102 Å². The quantitative estimate of drug-likeness (QED) is 0.605. The van der Waals surface area contributed by atoms with Crippen LogP contribution in [0.5, 0.6) is 11.5 Å². The number of benzene rings is 1. The van der Waals surface area contributed by atoms with Gasteiger partial charge in [-0.05, 0) is 25.1 Å². The molecule has 1 unspecified atom stereocenters. The molecule has 0 spiro atoms. The molecule has 0 aliphatic heterocycles. The van der Waals surface area contributed by atoms with Gasteiger partial charge in [0.25, 0.3) is 0 Å². The van der Waals surface area contributed by atoms with Gasteiger partial charge in [0.15, 0.2) is 17.3 Å². The molecule has 6 heteroatoms. The summed E-state index contributed by atoms with van der Waals surface area (Å²) in [5, 5.41) is -0.734. The Morgan fingerprint density at radius 3 is 2.47 bits per heavy atom. The zero-order valence-corrected chi connectivity index (χ0v) is 10.0. The fourth-order valence-corrected chi connectivity index (χ4v) is 1.37. The number of hydrogen-bond acceptors (Lipinski definition) is 3. The van der Waals surface area contributed by atoms with Crippen molar-refractivity contribution in [2.75, 3.05) is 7.11 Å². The van der Waals surface area contributed by atoms with E-state index in [9.17, 15) is 13.6 Å². The standard InChI is InChI=1S/C11H11ClF2O3/c1-6(12)10(15)7-3-4-8(16-2)9(5-7)17-11(13)14/h3-6,11H,1-2H3. The van der Waals surface area contributed by atoms with E-state index in [-0.39, 0.29) is 22.8 Å². The zero-order valence-electron chi connectivity index (χ0n) is 9.25. The second-order valence-corrected chi connectivity index (χ2v) is 3.88. The topological polar surface area (TPSA) is 35.5 Å². The molecule has 0 aliphatic rings. The van der Waals surface area contributed by atoms with Crippen LogP contribution in [0.2, 0.25) is 0 Å². The second kappa shape index (κ2) is 5.82. The van der Waals surface area contributed by atoms with Crippen molar-refractivity contribution in [2.45, 2.75) is 18.9 Å². The average molecular weight is 265 g/mol. The van der Waals surface area contributed by atoms with Crippen LogP contribution in [-0.2, 0) is 0 Å². The lowest BCUT2D eigenvalue weighted by atomic mass is 10.1. The Kier molecular flexibility index (Phi) is 4.69. The Bertz CT molecular complexity index is 408. The maximum absolute atomic E-state index is 12.1. The number of carbonyl (C=O) groups is 1. The van der Waals surface area contributed by atoms with Crippen LogP contribution in [-0.4, -0.2) is 24.9 Å². The fraction of sp³-hybridized carbons (Fsp3) is 0.364. The highest BCUT2D eigenvalue weighted by Gasteiger charge is 2.17. The zero-order chi connectivity index (χ0) is 13.0. The Morgan fingerprint density at radius 2 is 2.00 bits per heavy atom. The summed E-state index contributed by atoms with van der Waals surface area (Å²) in [5.41, 5.74) is 0.198. The maximum Gasteiger partial charge on any atom is 0.387 e. The number of halogens is 3. The van der Waals surface area contributed by atoms with Gasteiger partial charge in [-0.3, -0.25) is 4.79 Å². The summed E-state index contributed by atoms with van der Waals surface area (Å²) >= 11 is 5.62. The highest BCUT2D eigenvalue weighted by Crippen LogP contribution is 2.30. The molecule has 1 aromatic rings. The van der Waals surface area contributed by atoms with Crippen molar-refractivity contribution in [3.05, 3.63) is 23.8 Å². The molecule has 0 saturated heterocycles. The van der Waals surface area contributed by atoms with E-state index in [0.717, 1.165) is 0 Å². The van der Waals surface area contributed by atoms with Gasteiger partial charge >= 0.3 is 6.61 Å². The van der Waals surface area contributed by atoms with Crippen LogP contribution >= 0.6 is 11.6 Å². The average Bonchev–Trinajstić information content (AvgIpc) is 2.27. The van der Waals surface area contributed by atoms with Gasteiger partial charge in [0.2, 0.25) is 0 Å². The number of alkyl halides is 3. The molecular weight excluding hydrogens is 254 g/mol. The number of ether oxygens (including phenoxy) is 2. The molecule has 0 aliphatic carbocycles. The molecule has 94 valence electrons. The number of Topliss-reactive ketones (excluding diaryl/α,β-unsaturated/α-hetero) is 1. The number of carbonyl (C=O) groups excluding carboxylic acids is 1. The minimum Gasteiger partial charge on any atom is -0.493 e. The van der Waals surface area contributed by atoms with Gasteiger partial charge in [-0.25, -0.2) is 0 Å². The minimum atomic E-state index is -2.98. The van der Waals surface area contributed by atoms with Crippen molar-refractivity contribution in [1.29, 1.82) is 0 Å². The summed E-state index contributed by atoms with van der Waals surface area (Å²) in [6, 6.07) is 4.01. The first-order valence-corrected chi connectivity index (χ1v) is 5.20. The highest BCUT2D eigenvalue weighted by molar-refractivity contribution is 6.33. The SMILES string of the molecule is COc1ccc(C(=O)C(C)Cl)cc1OC(F)F. The number of rotatable bonds is 5. The van der Waals surface area contributed by atoms with Crippen LogP contribution in [0.1, 0.15) is 17.3 Å². The molecular formula is C11H11ClF2O3. The van der Waals surface area contributed by atoms with Crippen molar-refractivity contribution in [3.63, 3.8) is 0 Å². The first-order chi connectivity index (χ1) is 7.95. The van der Waals surface area contributed by atoms with Gasteiger partial charge in [-0.15, -0.1) is 11.6 Å². The monoisotopic (exact) mass is 264 g/mol. The summed E-state index contributed by atoms with van der Waals surface area (Å²) in [6.45, 7) is -1.48. The van der Waals surface area contributed by atoms with Crippen molar-refractivity contribution >= 4 is 17.4 Å². The van der Waals surface area contributed by atoms with E-state index in [0.29, 0.717) is 0 Å². The smallest absolute Gasteiger partial charge is 0.387 e. The maximum atomic E-state index is 12.1. The highest BCUT2D eigenvalue weighted by atomic mass is 35.5. The number of methoxy groups -OCH3 is 1. The normalized spacial score (nSPS) is 12.4. The Hall–Kier alpha value is -1.36. The molecule has 0 radical (unpaired) electrons. The van der Waals surface area contributed by atoms with Gasteiger partial charge in [0.1, 0.15) is 0 Å². The van der Waals surface area contributed by atoms with Gasteiger partial charge in [0, 0.05) is 5.56 Å². The molecule has 0 aromatic heterocycles. The third-order valence-corrected chi connectivity index (χ3v) is 2.22. The predicted molar refractivity (Wildman–Crippen MR) is 59.3 cm³/mol. The molecule has 0 amide bonds. The molecule has 3 nitrogen and oxygen atoms in total. The molecule has 0 fully saturated rings. The summed E-state index contributed by atoms with van der Waals surface area (Å²) in [5.74, 6) is -0.428. The first kappa shape index (κ1) is 13.7. The molecule has 1 aromatic carbocycles. The van der Waals surface area contributed by atoms with E-state index < -0.39 is 12.0 Å². The second-order valence-electron chi connectivity index (χ2n) is 3.22. The van der Waals surface area contributed by atoms with Crippen molar-refractivity contribution in [1.82, 2.24) is 0 Å². The lowest BCUT2D eigenvalue weighted by Crippen LogP contribution is -2.11. The Balaban J connectivity index is 3.08. The molecule has 1 rings (SSSR count). The lowest BCUT2D eigenvalue weighted by molar-refractivity contribution is -0.0512. The van der Waals surface area contributed by atoms with Gasteiger partial charge in [0.05, 0.1) is 12.5 Å². The molecule has 0 saturated carbocycles. The molecule has 0 bridgehead atoms. The van der Waals surface area contributed by atoms with E-state index in [1.165, 1.54) is 32.2 Å². The summed E-state index contributed by atoms with van der Waals surface area (Å²) < 4.78 is 33.4. The minimum absolute atomic E-state index is 0.129. The van der Waals surface area contributed by atoms with Crippen molar-refractivity contribution in [2.24, 2.45) is 0 Å². The van der Waals surface area contributed by atoms with E-state index in [1.807, 2.05) is 0 Å². The van der Waals surface area contributed by atoms with Crippen LogP contribution in [0.3, 0.4) is 0 Å². The molecule has 0 heterocycles. The molecule has 1 atom stereocenters. The third-order valence-electron chi connectivity index (χ3n) is 2.03. The van der Waals surface area contributed by atoms with E-state index in [1.54, 1.807) is 0 Å². The van der Waals surface area contributed by atoms with Gasteiger partial charge < -0.3 is 9.47 Å². The van der Waals surface area contributed by atoms with E-state index in [4.69, 9.17) is 16.3 Å². The third kappa shape index (κ3) is 3.56. The van der Waals surface area contributed by atoms with Crippen molar-refractivity contribution < 1.29 is 23.0 Å². The first-order valence-electron chi connectivity index (χ1n) is 4.77. The van der Waals surface area contributed by atoms with Crippen LogP contribution in [0, 0.1) is 0 Å². The largest absolute Gasteiger partial charge is 0.493 e. The summed E-state index contributed by atoms with van der Waals surface area (Å²) in [6.07, 6.45) is 0. The lowest BCUT2D eigenvalue weighted by Gasteiger charge is -2.11. The predicted octanol–water partition coefficient (Wildman–Crippen LogP) is 3.11.